The van der Waals surface area contributed by atoms with Gasteiger partial charge in [-0.2, -0.15) is 26.3 Å². The largest absolute Gasteiger partial charge is 0.482 e. The van der Waals surface area contributed by atoms with Crippen LogP contribution in [0, 0.1) is 17.7 Å². The van der Waals surface area contributed by atoms with Gasteiger partial charge in [-0.3, -0.25) is 4.79 Å². The Morgan fingerprint density at radius 3 is 2.51 bits per heavy atom. The Morgan fingerprint density at radius 1 is 1.13 bits per heavy atom. The number of anilines is 2. The lowest BCUT2D eigenvalue weighted by Gasteiger charge is -2.37. The van der Waals surface area contributed by atoms with E-state index in [9.17, 15) is 44.3 Å². The topological polar surface area (TPSA) is 65.6 Å². The fraction of sp³-hybridized carbons (Fsp3) is 0.414. The van der Waals surface area contributed by atoms with Gasteiger partial charge < -0.3 is 25.6 Å². The van der Waals surface area contributed by atoms with Crippen LogP contribution in [0.3, 0.4) is 0 Å². The number of hydrogen-bond acceptors (Lipinski definition) is 6. The van der Waals surface area contributed by atoms with Crippen LogP contribution in [0.1, 0.15) is 27.2 Å². The molecule has 1 saturated heterocycles. The number of carbonyl (C=O) groups excluding carboxylic acids is 1. The zero-order valence-corrected chi connectivity index (χ0v) is 24.6. The number of amides is 1. The minimum atomic E-state index is -4.74. The molecule has 4 rings (SSSR count). The van der Waals surface area contributed by atoms with Crippen LogP contribution < -0.4 is 20.7 Å². The Kier molecular flexibility index (Phi) is 10.0. The molecule has 2 aromatic carbocycles. The first kappa shape index (κ1) is 34.0. The number of nitrogens with one attached hydrogen (secondary N) is 3. The van der Waals surface area contributed by atoms with Crippen LogP contribution >= 0.6 is 11.3 Å². The summed E-state index contributed by atoms with van der Waals surface area (Å²) in [6, 6.07) is 4.69. The maximum atomic E-state index is 14.7. The molecule has 1 atom stereocenters. The molecule has 0 spiro atoms. The van der Waals surface area contributed by atoms with E-state index in [1.165, 1.54) is 30.1 Å². The van der Waals surface area contributed by atoms with Gasteiger partial charge in [0.1, 0.15) is 11.6 Å². The molecule has 1 fully saturated rings. The normalized spacial score (nSPS) is 17.0. The molecule has 0 saturated carbocycles. The van der Waals surface area contributed by atoms with Gasteiger partial charge in [0, 0.05) is 19.7 Å². The Bertz CT molecular complexity index is 1610. The molecule has 1 aliphatic heterocycles. The molecule has 0 radical (unpaired) electrons. The van der Waals surface area contributed by atoms with Crippen molar-refractivity contribution in [3.05, 3.63) is 52.2 Å². The van der Waals surface area contributed by atoms with Crippen molar-refractivity contribution in [1.82, 2.24) is 10.2 Å². The number of fused-ring (bicyclic) bond motifs is 1. The predicted octanol–water partition coefficient (Wildman–Crippen LogP) is 6.66. The van der Waals surface area contributed by atoms with E-state index in [0.29, 0.717) is 11.2 Å². The zero-order chi connectivity index (χ0) is 33.2. The van der Waals surface area contributed by atoms with Crippen LogP contribution in [0.5, 0.6) is 5.75 Å². The lowest BCUT2D eigenvalue weighted by atomic mass is 10.0. The van der Waals surface area contributed by atoms with Crippen molar-refractivity contribution in [3.63, 3.8) is 0 Å². The van der Waals surface area contributed by atoms with Crippen LogP contribution in [0.25, 0.3) is 10.1 Å². The van der Waals surface area contributed by atoms with Gasteiger partial charge in [-0.1, -0.05) is 24.0 Å². The molecule has 0 aliphatic carbocycles. The summed E-state index contributed by atoms with van der Waals surface area (Å²) in [5.41, 5.74) is -0.782. The summed E-state index contributed by atoms with van der Waals surface area (Å²) in [4.78, 5) is 13.4. The molecule has 45 heavy (non-hydrogen) atoms. The lowest BCUT2D eigenvalue weighted by molar-refractivity contribution is -0.153. The molecule has 244 valence electrons. The van der Waals surface area contributed by atoms with Crippen molar-refractivity contribution in [2.45, 2.75) is 37.2 Å². The van der Waals surface area contributed by atoms with E-state index in [0.717, 1.165) is 23.5 Å². The molecule has 1 amide bonds. The summed E-state index contributed by atoms with van der Waals surface area (Å²) < 4.78 is 128. The molecule has 3 N–H and O–H groups in total. The van der Waals surface area contributed by atoms with E-state index < -0.39 is 66.9 Å². The third-order valence-corrected chi connectivity index (χ3v) is 8.01. The first-order valence-corrected chi connectivity index (χ1v) is 14.2. The van der Waals surface area contributed by atoms with Crippen molar-refractivity contribution >= 4 is 38.7 Å². The summed E-state index contributed by atoms with van der Waals surface area (Å²) in [6.45, 7) is -2.18. The van der Waals surface area contributed by atoms with Crippen molar-refractivity contribution in [2.75, 3.05) is 51.0 Å². The number of ether oxygens (including phenoxy) is 1. The number of halogens is 9. The number of nitrogens with zero attached hydrogens (tertiary/aromatic N) is 1. The summed E-state index contributed by atoms with van der Waals surface area (Å²) >= 11 is 0.878. The van der Waals surface area contributed by atoms with Gasteiger partial charge in [-0.15, -0.1) is 11.3 Å². The van der Waals surface area contributed by atoms with Crippen LogP contribution in [-0.2, 0) is 6.42 Å². The van der Waals surface area contributed by atoms with Crippen LogP contribution in [0.2, 0.25) is 0 Å². The standard InChI is InChI=1S/C29H27F9N4O2S/c1-39-26(43)17-11-22(44-15-29(36,37)38)21(12-19(17)30)40-9-4-7-23-18(13-28(33,34)35)16-5-3-6-20(25(16)45-23)41-24-8-10-42(2)14-27(24,31)32/h3,5-6,11-12,24,40-41H,8-10,13-15H2,1-2H3,(H,39,43). The molecule has 3 aromatic rings. The number of piperidine rings is 1. The molecule has 16 heteroatoms. The van der Waals surface area contributed by atoms with Crippen LogP contribution in [0.4, 0.5) is 50.9 Å². The van der Waals surface area contributed by atoms with Crippen molar-refractivity contribution < 1.29 is 49.0 Å². The molecule has 1 aliphatic rings. The number of rotatable bonds is 8. The van der Waals surface area contributed by atoms with Gasteiger partial charge in [-0.25, -0.2) is 13.2 Å². The Labute approximate surface area is 255 Å². The Morgan fingerprint density at radius 2 is 1.87 bits per heavy atom. The lowest BCUT2D eigenvalue weighted by Crippen LogP contribution is -2.53. The van der Waals surface area contributed by atoms with Crippen molar-refractivity contribution in [2.24, 2.45) is 0 Å². The molecule has 6 nitrogen and oxygen atoms in total. The average Bonchev–Trinajstić information content (AvgIpc) is 3.27. The second-order valence-electron chi connectivity index (χ2n) is 10.3. The smallest absolute Gasteiger partial charge is 0.422 e. The fourth-order valence-corrected chi connectivity index (χ4v) is 5.95. The molecule has 2 heterocycles. The molecule has 1 aromatic heterocycles. The van der Waals surface area contributed by atoms with E-state index in [1.54, 1.807) is 7.05 Å². The van der Waals surface area contributed by atoms with E-state index in [2.05, 4.69) is 27.8 Å². The monoisotopic (exact) mass is 666 g/mol. The molecule has 0 bridgehead atoms. The second-order valence-corrected chi connectivity index (χ2v) is 11.4. The zero-order valence-electron chi connectivity index (χ0n) is 23.8. The highest BCUT2D eigenvalue weighted by molar-refractivity contribution is 7.20. The fourth-order valence-electron chi connectivity index (χ4n) is 4.78. The summed E-state index contributed by atoms with van der Waals surface area (Å²) in [7, 11) is 2.77. The van der Waals surface area contributed by atoms with Crippen molar-refractivity contribution in [3.8, 4) is 17.6 Å². The number of alkyl halides is 8. The summed E-state index contributed by atoms with van der Waals surface area (Å²) in [5, 5.41) is 7.72. The van der Waals surface area contributed by atoms with Crippen LogP contribution in [0.15, 0.2) is 30.3 Å². The molecular weight excluding hydrogens is 639 g/mol. The van der Waals surface area contributed by atoms with Gasteiger partial charge in [-0.05, 0) is 36.6 Å². The first-order valence-electron chi connectivity index (χ1n) is 13.4. The first-order chi connectivity index (χ1) is 21.0. The van der Waals surface area contributed by atoms with E-state index in [4.69, 9.17) is 4.74 Å². The highest BCUT2D eigenvalue weighted by Gasteiger charge is 2.44. The maximum Gasteiger partial charge on any atom is 0.422 e. The molecular formula is C29H27F9N4O2S. The van der Waals surface area contributed by atoms with Gasteiger partial charge in [0.2, 0.25) is 0 Å². The number of thiophene rings is 1. The highest BCUT2D eigenvalue weighted by atomic mass is 32.1. The van der Waals surface area contributed by atoms with E-state index in [1.807, 2.05) is 0 Å². The summed E-state index contributed by atoms with van der Waals surface area (Å²) in [5.74, 6) is -0.373. The van der Waals surface area contributed by atoms with Gasteiger partial charge in [0.25, 0.3) is 11.8 Å². The predicted molar refractivity (Wildman–Crippen MR) is 153 cm³/mol. The van der Waals surface area contributed by atoms with E-state index in [-0.39, 0.29) is 40.2 Å². The maximum absolute atomic E-state index is 14.7. The Hall–Kier alpha value is -3.84. The second kappa shape index (κ2) is 13.3. The van der Waals surface area contributed by atoms with Crippen molar-refractivity contribution in [1.29, 1.82) is 0 Å². The van der Waals surface area contributed by atoms with Crippen LogP contribution in [-0.4, -0.2) is 75.5 Å². The molecule has 1 unspecified atom stereocenters. The highest BCUT2D eigenvalue weighted by Crippen LogP contribution is 2.40. The number of benzene rings is 2. The SMILES string of the molecule is CNC(=O)c1cc(OCC(F)(F)F)c(NCC#Cc2sc3c(NC4CCN(C)CC4(F)F)cccc3c2CC(F)(F)F)cc1F. The van der Waals surface area contributed by atoms with E-state index >= 15 is 0 Å². The Balaban J connectivity index is 1.64. The third-order valence-electron chi connectivity index (χ3n) is 6.82. The average molecular weight is 667 g/mol. The minimum absolute atomic E-state index is 0.00297. The quantitative estimate of drug-likeness (QED) is 0.186. The minimum Gasteiger partial charge on any atom is -0.482 e. The van der Waals surface area contributed by atoms with Gasteiger partial charge >= 0.3 is 12.4 Å². The number of likely N-dealkylation sites (tertiary alicyclic amines) is 1. The summed E-state index contributed by atoms with van der Waals surface area (Å²) in [6.07, 6.45) is -10.6. The number of hydrogen-bond donors (Lipinski definition) is 3. The third kappa shape index (κ3) is 8.66. The van der Waals surface area contributed by atoms with Gasteiger partial charge in [0.15, 0.2) is 6.61 Å². The number of carbonyl (C=O) groups is 1. The van der Waals surface area contributed by atoms with Gasteiger partial charge in [0.05, 0.1) is 52.1 Å².